The van der Waals surface area contributed by atoms with Crippen LogP contribution in [-0.4, -0.2) is 28.8 Å². The first-order valence-electron chi connectivity index (χ1n) is 11.7. The van der Waals surface area contributed by atoms with Crippen LogP contribution in [0.5, 0.6) is 0 Å². The van der Waals surface area contributed by atoms with Crippen LogP contribution in [0, 0.1) is 11.8 Å². The van der Waals surface area contributed by atoms with E-state index in [0.717, 1.165) is 60.0 Å². The van der Waals surface area contributed by atoms with E-state index in [1.165, 1.54) is 30.5 Å². The van der Waals surface area contributed by atoms with Crippen molar-refractivity contribution >= 4 is 35.2 Å². The van der Waals surface area contributed by atoms with E-state index >= 15 is 0 Å². The second-order valence-corrected chi connectivity index (χ2v) is 9.75. The Morgan fingerprint density at radius 1 is 1.33 bits per heavy atom. The molecule has 2 aromatic rings. The minimum absolute atomic E-state index is 0.355. The SMILES string of the molecule is C=C(Nc1cc(C(=C)N2CCC[C@H](CCc3cccc4c3C(N)=NSN4)C2)ccn1)C(C)C. The van der Waals surface area contributed by atoms with Gasteiger partial charge in [-0.05, 0) is 61.3 Å². The van der Waals surface area contributed by atoms with Crippen molar-refractivity contribution in [3.05, 3.63) is 72.1 Å². The Balaban J connectivity index is 1.39. The van der Waals surface area contributed by atoms with Gasteiger partial charge in [-0.25, -0.2) is 4.98 Å². The number of allylic oxidation sites excluding steroid dienone is 1. The number of aryl methyl sites for hydroxylation is 1. The van der Waals surface area contributed by atoms with Crippen LogP contribution in [0.15, 0.2) is 59.8 Å². The molecule has 0 amide bonds. The van der Waals surface area contributed by atoms with Crippen LogP contribution >= 0.6 is 12.1 Å². The van der Waals surface area contributed by atoms with Crippen molar-refractivity contribution in [2.75, 3.05) is 23.1 Å². The summed E-state index contributed by atoms with van der Waals surface area (Å²) in [7, 11) is 0. The average molecular weight is 463 g/mol. The zero-order chi connectivity index (χ0) is 23.4. The summed E-state index contributed by atoms with van der Waals surface area (Å²) in [6.45, 7) is 14.8. The predicted molar refractivity (Wildman–Crippen MR) is 142 cm³/mol. The molecule has 1 aromatic heterocycles. The van der Waals surface area contributed by atoms with E-state index in [2.05, 4.69) is 75.6 Å². The molecule has 0 radical (unpaired) electrons. The number of pyridine rings is 1. The number of benzene rings is 1. The maximum Gasteiger partial charge on any atom is 0.143 e. The van der Waals surface area contributed by atoms with E-state index in [9.17, 15) is 0 Å². The maximum atomic E-state index is 6.19. The molecule has 1 atom stereocenters. The van der Waals surface area contributed by atoms with Crippen LogP contribution in [0.4, 0.5) is 11.5 Å². The minimum Gasteiger partial charge on any atom is -0.383 e. The molecule has 2 aliphatic rings. The van der Waals surface area contributed by atoms with Gasteiger partial charge >= 0.3 is 0 Å². The van der Waals surface area contributed by atoms with Crippen LogP contribution in [-0.2, 0) is 6.42 Å². The van der Waals surface area contributed by atoms with Crippen molar-refractivity contribution < 1.29 is 0 Å². The van der Waals surface area contributed by atoms with E-state index in [1.54, 1.807) is 0 Å². The number of aromatic nitrogens is 1. The number of hydrogen-bond acceptors (Lipinski definition) is 7. The molecule has 0 unspecified atom stereocenters. The molecule has 1 aromatic carbocycles. The third-order valence-electron chi connectivity index (χ3n) is 6.51. The van der Waals surface area contributed by atoms with Crippen LogP contribution in [0.3, 0.4) is 0 Å². The summed E-state index contributed by atoms with van der Waals surface area (Å²) in [5, 5.41) is 3.32. The van der Waals surface area contributed by atoms with Crippen LogP contribution < -0.4 is 15.8 Å². The minimum atomic E-state index is 0.355. The van der Waals surface area contributed by atoms with Gasteiger partial charge in [0.15, 0.2) is 0 Å². The van der Waals surface area contributed by atoms with Gasteiger partial charge in [-0.1, -0.05) is 39.1 Å². The molecule has 0 bridgehead atoms. The van der Waals surface area contributed by atoms with Gasteiger partial charge in [-0.3, -0.25) is 0 Å². The number of anilines is 2. The molecule has 0 saturated carbocycles. The largest absolute Gasteiger partial charge is 0.383 e. The van der Waals surface area contributed by atoms with Crippen molar-refractivity contribution in [3.8, 4) is 0 Å². The second kappa shape index (κ2) is 10.3. The molecule has 3 heterocycles. The highest BCUT2D eigenvalue weighted by atomic mass is 32.2. The highest BCUT2D eigenvalue weighted by Gasteiger charge is 2.23. The standard InChI is InChI=1S/C26H34N6S/c1-17(2)18(3)29-24-15-22(12-13-28-24)19(4)32-14-6-7-20(16-32)10-11-21-8-5-9-23-25(21)26(27)31-33-30-23/h5,8-9,12-13,15,17,20,30H,3-4,6-7,10-11,14,16H2,1-2H3,(H2,27,31)(H,28,29)/t20-/m1/s1. The maximum absolute atomic E-state index is 6.19. The number of fused-ring (bicyclic) bond motifs is 1. The Labute approximate surface area is 201 Å². The number of hydrogen-bond donors (Lipinski definition) is 3. The lowest BCUT2D eigenvalue weighted by Crippen LogP contribution is -2.34. The Bertz CT molecular complexity index is 1060. The topological polar surface area (TPSA) is 78.6 Å². The predicted octanol–water partition coefficient (Wildman–Crippen LogP) is 5.67. The summed E-state index contributed by atoms with van der Waals surface area (Å²) in [4.78, 5) is 6.88. The third kappa shape index (κ3) is 5.53. The van der Waals surface area contributed by atoms with Crippen LogP contribution in [0.2, 0.25) is 0 Å². The molecule has 2 aliphatic heterocycles. The molecule has 6 nitrogen and oxygen atoms in total. The van der Waals surface area contributed by atoms with E-state index in [1.807, 2.05) is 12.3 Å². The van der Waals surface area contributed by atoms with Gasteiger partial charge in [0.25, 0.3) is 0 Å². The summed E-state index contributed by atoms with van der Waals surface area (Å²) in [5.74, 6) is 2.41. The monoisotopic (exact) mass is 462 g/mol. The van der Waals surface area contributed by atoms with E-state index < -0.39 is 0 Å². The molecule has 174 valence electrons. The quantitative estimate of drug-likeness (QED) is 0.439. The number of nitrogens with one attached hydrogen (secondary N) is 2. The van der Waals surface area contributed by atoms with Crippen LogP contribution in [0.1, 0.15) is 49.8 Å². The molecule has 0 spiro atoms. The third-order valence-corrected chi connectivity index (χ3v) is 7.11. The molecule has 1 saturated heterocycles. The van der Waals surface area contributed by atoms with Gasteiger partial charge in [-0.2, -0.15) is 4.40 Å². The van der Waals surface area contributed by atoms with Gasteiger partial charge < -0.3 is 20.7 Å². The van der Waals surface area contributed by atoms with Crippen molar-refractivity contribution in [2.45, 2.75) is 39.5 Å². The van der Waals surface area contributed by atoms with Crippen molar-refractivity contribution in [1.29, 1.82) is 0 Å². The average Bonchev–Trinajstić information content (AvgIpc) is 2.82. The van der Waals surface area contributed by atoms with Crippen molar-refractivity contribution in [3.63, 3.8) is 0 Å². The smallest absolute Gasteiger partial charge is 0.143 e. The Kier molecular flexibility index (Phi) is 7.28. The normalized spacial score (nSPS) is 17.7. The lowest BCUT2D eigenvalue weighted by Gasteiger charge is -2.36. The van der Waals surface area contributed by atoms with Gasteiger partial charge in [0, 0.05) is 41.8 Å². The van der Waals surface area contributed by atoms with Gasteiger partial charge in [0.1, 0.15) is 11.7 Å². The fourth-order valence-electron chi connectivity index (χ4n) is 4.44. The fourth-order valence-corrected chi connectivity index (χ4v) is 4.94. The Morgan fingerprint density at radius 2 is 2.18 bits per heavy atom. The van der Waals surface area contributed by atoms with Gasteiger partial charge in [0.05, 0.1) is 17.8 Å². The van der Waals surface area contributed by atoms with Gasteiger partial charge in [-0.15, -0.1) is 0 Å². The number of nitrogens with zero attached hydrogens (tertiary/aromatic N) is 3. The molecule has 4 rings (SSSR count). The summed E-state index contributed by atoms with van der Waals surface area (Å²) in [6.07, 6.45) is 6.39. The highest BCUT2D eigenvalue weighted by Crippen LogP contribution is 2.31. The molecule has 1 fully saturated rings. The summed E-state index contributed by atoms with van der Waals surface area (Å²) < 4.78 is 7.54. The first-order valence-corrected chi connectivity index (χ1v) is 12.4. The zero-order valence-electron chi connectivity index (χ0n) is 19.6. The fraction of sp³-hybridized carbons (Fsp3) is 0.385. The molecular formula is C26H34N6S. The number of nitrogens with two attached hydrogens (primary N) is 1. The van der Waals surface area contributed by atoms with Crippen LogP contribution in [0.25, 0.3) is 5.70 Å². The Hall–Kier alpha value is -2.93. The molecule has 7 heteroatoms. The summed E-state index contributed by atoms with van der Waals surface area (Å²) >= 11 is 1.29. The molecular weight excluding hydrogens is 428 g/mol. The lowest BCUT2D eigenvalue weighted by atomic mass is 9.89. The highest BCUT2D eigenvalue weighted by molar-refractivity contribution is 7.99. The second-order valence-electron chi connectivity index (χ2n) is 9.18. The van der Waals surface area contributed by atoms with E-state index in [4.69, 9.17) is 5.73 Å². The van der Waals surface area contributed by atoms with Crippen molar-refractivity contribution in [2.24, 2.45) is 22.0 Å². The van der Waals surface area contributed by atoms with E-state index in [-0.39, 0.29) is 0 Å². The molecule has 4 N–H and O–H groups in total. The Morgan fingerprint density at radius 3 is 3.00 bits per heavy atom. The zero-order valence-corrected chi connectivity index (χ0v) is 20.4. The summed E-state index contributed by atoms with van der Waals surface area (Å²) in [6, 6.07) is 10.4. The van der Waals surface area contributed by atoms with E-state index in [0.29, 0.717) is 17.7 Å². The molecule has 33 heavy (non-hydrogen) atoms. The molecule has 0 aliphatic carbocycles. The number of likely N-dealkylation sites (tertiary alicyclic amines) is 1. The van der Waals surface area contributed by atoms with Gasteiger partial charge in [0.2, 0.25) is 0 Å². The number of piperidine rings is 1. The first-order chi connectivity index (χ1) is 15.9. The number of rotatable bonds is 8. The first kappa shape index (κ1) is 23.2. The summed E-state index contributed by atoms with van der Waals surface area (Å²) in [5.41, 5.74) is 12.7. The lowest BCUT2D eigenvalue weighted by molar-refractivity contribution is 0.237. The number of amidine groups is 1. The van der Waals surface area contributed by atoms with Crippen molar-refractivity contribution in [1.82, 2.24) is 9.88 Å².